The minimum atomic E-state index is -3.63. The van der Waals surface area contributed by atoms with E-state index in [-0.39, 0.29) is 16.5 Å². The van der Waals surface area contributed by atoms with E-state index < -0.39 is 10.0 Å². The molecule has 0 amide bonds. The van der Waals surface area contributed by atoms with Crippen molar-refractivity contribution < 1.29 is 8.42 Å². The third kappa shape index (κ3) is 3.69. The molecule has 1 aromatic carbocycles. The van der Waals surface area contributed by atoms with Gasteiger partial charge in [0.25, 0.3) is 0 Å². The Bertz CT molecular complexity index is 713. The van der Waals surface area contributed by atoms with Crippen LogP contribution in [0.4, 0.5) is 5.69 Å². The molecule has 8 heteroatoms. The van der Waals surface area contributed by atoms with Gasteiger partial charge in [-0.2, -0.15) is 0 Å². The predicted molar refractivity (Wildman–Crippen MR) is 81.6 cm³/mol. The molecule has 3 N–H and O–H groups in total. The molecule has 0 spiro atoms. The van der Waals surface area contributed by atoms with Crippen molar-refractivity contribution in [2.24, 2.45) is 0 Å². The van der Waals surface area contributed by atoms with Crippen LogP contribution in [0, 0.1) is 6.92 Å². The van der Waals surface area contributed by atoms with E-state index in [4.69, 9.17) is 17.3 Å². The molecular formula is C12H14ClN3O2S2. The topological polar surface area (TPSA) is 85.1 Å². The van der Waals surface area contributed by atoms with Gasteiger partial charge in [-0.25, -0.2) is 18.1 Å². The van der Waals surface area contributed by atoms with Crippen molar-refractivity contribution in [3.8, 4) is 0 Å². The number of nitrogens with one attached hydrogen (secondary N) is 1. The number of thiazole rings is 1. The van der Waals surface area contributed by atoms with Crippen molar-refractivity contribution in [1.82, 2.24) is 9.71 Å². The Kier molecular flexibility index (Phi) is 4.64. The van der Waals surface area contributed by atoms with Crippen molar-refractivity contribution in [2.75, 3.05) is 12.3 Å². The number of anilines is 1. The maximum Gasteiger partial charge on any atom is 0.242 e. The lowest BCUT2D eigenvalue weighted by Crippen LogP contribution is -2.26. The summed E-state index contributed by atoms with van der Waals surface area (Å²) in [6.45, 7) is 2.17. The number of halogens is 1. The molecule has 0 unspecified atom stereocenters. The summed E-state index contributed by atoms with van der Waals surface area (Å²) < 4.78 is 26.7. The van der Waals surface area contributed by atoms with E-state index in [1.54, 1.807) is 0 Å². The molecule has 2 rings (SSSR count). The minimum absolute atomic E-state index is 0.0312. The zero-order chi connectivity index (χ0) is 14.8. The summed E-state index contributed by atoms with van der Waals surface area (Å²) in [4.78, 5) is 4.30. The highest BCUT2D eigenvalue weighted by molar-refractivity contribution is 7.89. The number of nitrogens with two attached hydrogens (primary N) is 1. The Morgan fingerprint density at radius 1 is 1.45 bits per heavy atom. The second kappa shape index (κ2) is 6.09. The Hall–Kier alpha value is -1.15. The molecular weight excluding hydrogens is 318 g/mol. The van der Waals surface area contributed by atoms with Gasteiger partial charge in [0.2, 0.25) is 10.0 Å². The first-order valence-electron chi connectivity index (χ1n) is 5.84. The largest absolute Gasteiger partial charge is 0.399 e. The third-order valence-corrected chi connectivity index (χ3v) is 5.51. The lowest BCUT2D eigenvalue weighted by molar-refractivity contribution is 0.581. The molecule has 0 fully saturated rings. The summed E-state index contributed by atoms with van der Waals surface area (Å²) in [5.74, 6) is 0. The van der Waals surface area contributed by atoms with Gasteiger partial charge in [0.1, 0.15) is 4.90 Å². The van der Waals surface area contributed by atoms with E-state index in [0.29, 0.717) is 12.1 Å². The zero-order valence-electron chi connectivity index (χ0n) is 10.8. The SMILES string of the molecule is Cc1csc(CCNS(=O)(=O)c2ccc(N)cc2Cl)n1. The molecule has 0 aliphatic heterocycles. The highest BCUT2D eigenvalue weighted by Gasteiger charge is 2.17. The Morgan fingerprint density at radius 3 is 2.80 bits per heavy atom. The summed E-state index contributed by atoms with van der Waals surface area (Å²) in [6.07, 6.45) is 0.546. The van der Waals surface area contributed by atoms with Crippen LogP contribution < -0.4 is 10.5 Å². The van der Waals surface area contributed by atoms with Crippen molar-refractivity contribution in [3.63, 3.8) is 0 Å². The van der Waals surface area contributed by atoms with E-state index in [1.165, 1.54) is 29.5 Å². The lowest BCUT2D eigenvalue weighted by Gasteiger charge is -2.08. The molecule has 0 atom stereocenters. The Balaban J connectivity index is 2.04. The number of aryl methyl sites for hydroxylation is 1. The number of hydrogen-bond donors (Lipinski definition) is 2. The maximum absolute atomic E-state index is 12.1. The molecule has 0 aliphatic carbocycles. The van der Waals surface area contributed by atoms with Gasteiger partial charge in [0.05, 0.1) is 10.0 Å². The quantitative estimate of drug-likeness (QED) is 0.822. The van der Waals surface area contributed by atoms with Gasteiger partial charge in [-0.1, -0.05) is 11.6 Å². The molecule has 2 aromatic rings. The van der Waals surface area contributed by atoms with Crippen LogP contribution in [0.15, 0.2) is 28.5 Å². The van der Waals surface area contributed by atoms with Crippen LogP contribution in [-0.2, 0) is 16.4 Å². The maximum atomic E-state index is 12.1. The van der Waals surface area contributed by atoms with Gasteiger partial charge < -0.3 is 5.73 Å². The molecule has 1 aromatic heterocycles. The van der Waals surface area contributed by atoms with E-state index in [9.17, 15) is 8.42 Å². The summed E-state index contributed by atoms with van der Waals surface area (Å²) in [6, 6.07) is 4.32. The number of aromatic nitrogens is 1. The van der Waals surface area contributed by atoms with E-state index in [1.807, 2.05) is 12.3 Å². The second-order valence-corrected chi connectivity index (χ2v) is 7.31. The third-order valence-electron chi connectivity index (χ3n) is 2.54. The minimum Gasteiger partial charge on any atom is -0.399 e. The number of nitrogens with zero attached hydrogens (tertiary/aromatic N) is 1. The second-order valence-electron chi connectivity index (χ2n) is 4.22. The summed E-state index contributed by atoms with van der Waals surface area (Å²) in [5.41, 5.74) is 6.91. The van der Waals surface area contributed by atoms with E-state index in [0.717, 1.165) is 10.7 Å². The molecule has 0 radical (unpaired) electrons. The summed E-state index contributed by atoms with van der Waals surface area (Å²) in [7, 11) is -3.63. The summed E-state index contributed by atoms with van der Waals surface area (Å²) >= 11 is 7.42. The van der Waals surface area contributed by atoms with Crippen LogP contribution in [0.25, 0.3) is 0 Å². The molecule has 5 nitrogen and oxygen atoms in total. The number of sulfonamides is 1. The van der Waals surface area contributed by atoms with Crippen LogP contribution in [0.1, 0.15) is 10.7 Å². The fourth-order valence-corrected chi connectivity index (χ4v) is 3.98. The zero-order valence-corrected chi connectivity index (χ0v) is 13.1. The van der Waals surface area contributed by atoms with Gasteiger partial charge in [0, 0.05) is 29.7 Å². The first kappa shape index (κ1) is 15.2. The van der Waals surface area contributed by atoms with Crippen LogP contribution >= 0.6 is 22.9 Å². The van der Waals surface area contributed by atoms with Crippen LogP contribution in [-0.4, -0.2) is 19.9 Å². The van der Waals surface area contributed by atoms with Crippen LogP contribution in [0.2, 0.25) is 5.02 Å². The normalized spacial score (nSPS) is 11.7. The van der Waals surface area contributed by atoms with Crippen molar-refractivity contribution in [3.05, 3.63) is 39.3 Å². The van der Waals surface area contributed by atoms with Gasteiger partial charge in [-0.15, -0.1) is 11.3 Å². The fourth-order valence-electron chi connectivity index (χ4n) is 1.62. The van der Waals surface area contributed by atoms with E-state index in [2.05, 4.69) is 9.71 Å². The molecule has 0 aliphatic rings. The number of benzene rings is 1. The van der Waals surface area contributed by atoms with Crippen molar-refractivity contribution in [1.29, 1.82) is 0 Å². The van der Waals surface area contributed by atoms with Gasteiger partial charge >= 0.3 is 0 Å². The molecule has 20 heavy (non-hydrogen) atoms. The Morgan fingerprint density at radius 2 is 2.20 bits per heavy atom. The van der Waals surface area contributed by atoms with Crippen LogP contribution in [0.3, 0.4) is 0 Å². The first-order valence-corrected chi connectivity index (χ1v) is 8.58. The Labute approximate surface area is 126 Å². The highest BCUT2D eigenvalue weighted by atomic mass is 35.5. The van der Waals surface area contributed by atoms with Gasteiger partial charge in [0.15, 0.2) is 0 Å². The fraction of sp³-hybridized carbons (Fsp3) is 0.250. The molecule has 0 saturated carbocycles. The predicted octanol–water partition coefficient (Wildman–Crippen LogP) is 2.21. The van der Waals surface area contributed by atoms with Crippen LogP contribution in [0.5, 0.6) is 0 Å². The average Bonchev–Trinajstić information content (AvgIpc) is 2.74. The number of hydrogen-bond acceptors (Lipinski definition) is 5. The van der Waals surface area contributed by atoms with Gasteiger partial charge in [-0.3, -0.25) is 0 Å². The average molecular weight is 332 g/mol. The molecule has 1 heterocycles. The van der Waals surface area contributed by atoms with E-state index >= 15 is 0 Å². The molecule has 0 bridgehead atoms. The molecule has 0 saturated heterocycles. The monoisotopic (exact) mass is 331 g/mol. The molecule has 108 valence electrons. The first-order chi connectivity index (χ1) is 9.38. The highest BCUT2D eigenvalue weighted by Crippen LogP contribution is 2.23. The van der Waals surface area contributed by atoms with Crippen molar-refractivity contribution in [2.45, 2.75) is 18.2 Å². The standard InChI is InChI=1S/C12H14ClN3O2S2/c1-8-7-19-12(16-8)4-5-15-20(17,18)11-3-2-9(14)6-10(11)13/h2-3,6-7,15H,4-5,14H2,1H3. The van der Waals surface area contributed by atoms with Crippen molar-refractivity contribution >= 4 is 38.6 Å². The lowest BCUT2D eigenvalue weighted by atomic mass is 10.3. The van der Waals surface area contributed by atoms with Gasteiger partial charge in [-0.05, 0) is 25.1 Å². The number of nitrogen functional groups attached to an aromatic ring is 1. The summed E-state index contributed by atoms with van der Waals surface area (Å²) in [5, 5.41) is 2.94. The smallest absolute Gasteiger partial charge is 0.242 e. The number of rotatable bonds is 5.